The number of benzene rings is 3. The Morgan fingerprint density at radius 3 is 2.38 bits per heavy atom. The fraction of sp³-hybridized carbons (Fsp3) is 0.355. The molecule has 224 valence electrons. The number of hydrogen-bond acceptors (Lipinski definition) is 4. The van der Waals surface area contributed by atoms with E-state index in [4.69, 9.17) is 16.3 Å². The summed E-state index contributed by atoms with van der Waals surface area (Å²) in [6, 6.07) is 13.7. The fourth-order valence-corrected chi connectivity index (χ4v) is 5.96. The number of alkyl halides is 4. The van der Waals surface area contributed by atoms with Gasteiger partial charge in [0.1, 0.15) is 17.6 Å². The molecule has 4 nitrogen and oxygen atoms in total. The van der Waals surface area contributed by atoms with E-state index in [1.165, 1.54) is 18.2 Å². The smallest absolute Gasteiger partial charge is 0.489 e. The number of halogens is 7. The summed E-state index contributed by atoms with van der Waals surface area (Å²) >= 11 is 6.50. The van der Waals surface area contributed by atoms with E-state index in [0.29, 0.717) is 65.9 Å². The molecular formula is C31H28ClF6NO3. The van der Waals surface area contributed by atoms with Crippen LogP contribution >= 0.6 is 11.6 Å². The average Bonchev–Trinajstić information content (AvgIpc) is 3.30. The minimum absolute atomic E-state index is 0.0340. The third-order valence-electron chi connectivity index (χ3n) is 7.50. The van der Waals surface area contributed by atoms with Crippen molar-refractivity contribution in [3.05, 3.63) is 87.7 Å². The maximum Gasteiger partial charge on any atom is 0.573 e. The van der Waals surface area contributed by atoms with Gasteiger partial charge in [0.05, 0.1) is 11.7 Å². The molecule has 1 atom stereocenters. The van der Waals surface area contributed by atoms with Crippen molar-refractivity contribution in [1.82, 2.24) is 4.90 Å². The molecule has 0 aromatic heterocycles. The van der Waals surface area contributed by atoms with E-state index >= 15 is 4.39 Å². The third-order valence-corrected chi connectivity index (χ3v) is 7.81. The van der Waals surface area contributed by atoms with Crippen LogP contribution in [0.25, 0.3) is 11.1 Å². The van der Waals surface area contributed by atoms with E-state index in [0.717, 1.165) is 19.0 Å². The molecule has 0 bridgehead atoms. The molecule has 1 aliphatic heterocycles. The predicted molar refractivity (Wildman–Crippen MR) is 148 cm³/mol. The minimum atomic E-state index is -4.88. The number of nitrogens with zero attached hydrogens (tertiary/aromatic N) is 1. The lowest BCUT2D eigenvalue weighted by molar-refractivity contribution is -0.274. The number of allylic oxidation sites excluding steroid dienone is 1. The molecule has 0 spiro atoms. The maximum atomic E-state index is 15.3. The van der Waals surface area contributed by atoms with Gasteiger partial charge >= 0.3 is 6.36 Å². The standard InChI is InChI=1S/C31H28ClF6NO3/c32-27-17-21(41-31(35,36)37)9-10-23(27)24-3-1-4-26-25(11-12-28(42-38)30(26)34)29(24)19-5-7-20(8-6-19)40-22-13-16-39(18-22)15-2-14-33/h5-12,17,22H,1-4,13-16,18H2/t22-/m0/s1. The highest BCUT2D eigenvalue weighted by atomic mass is 35.5. The Hall–Kier alpha value is -3.37. The number of ether oxygens (including phenoxy) is 2. The van der Waals surface area contributed by atoms with Gasteiger partial charge in [-0.05, 0) is 102 Å². The van der Waals surface area contributed by atoms with Crippen LogP contribution in [0.2, 0.25) is 5.02 Å². The van der Waals surface area contributed by atoms with Crippen molar-refractivity contribution in [2.45, 2.75) is 44.6 Å². The fourth-order valence-electron chi connectivity index (χ4n) is 5.68. The first-order valence-corrected chi connectivity index (χ1v) is 14.0. The minimum Gasteiger partial charge on any atom is -0.489 e. The Kier molecular flexibility index (Phi) is 9.22. The molecule has 0 amide bonds. The zero-order chi connectivity index (χ0) is 29.9. The molecule has 0 radical (unpaired) electrons. The zero-order valence-corrected chi connectivity index (χ0v) is 23.2. The summed E-state index contributed by atoms with van der Waals surface area (Å²) in [4.78, 5) is 5.89. The highest BCUT2D eigenvalue weighted by Gasteiger charge is 2.32. The molecule has 42 heavy (non-hydrogen) atoms. The lowest BCUT2D eigenvalue weighted by Gasteiger charge is -2.20. The summed E-state index contributed by atoms with van der Waals surface area (Å²) < 4.78 is 89.4. The quantitative estimate of drug-likeness (QED) is 0.226. The first-order chi connectivity index (χ1) is 20.2. The van der Waals surface area contributed by atoms with Crippen LogP contribution in [-0.2, 0) is 6.42 Å². The average molecular weight is 612 g/mol. The van der Waals surface area contributed by atoms with Crippen LogP contribution in [0.4, 0.5) is 26.5 Å². The molecule has 1 aliphatic carbocycles. The second kappa shape index (κ2) is 12.9. The van der Waals surface area contributed by atoms with Crippen molar-refractivity contribution in [3.63, 3.8) is 0 Å². The van der Waals surface area contributed by atoms with E-state index in [9.17, 15) is 22.1 Å². The normalized spacial score (nSPS) is 17.6. The topological polar surface area (TPSA) is 30.9 Å². The summed E-state index contributed by atoms with van der Waals surface area (Å²) in [6.07, 6.45) is -2.43. The molecule has 5 rings (SSSR count). The van der Waals surface area contributed by atoms with Crippen LogP contribution in [0.5, 0.6) is 17.2 Å². The third kappa shape index (κ3) is 6.81. The molecule has 11 heteroatoms. The summed E-state index contributed by atoms with van der Waals surface area (Å²) in [5.41, 5.74) is 3.24. The Morgan fingerprint density at radius 1 is 0.952 bits per heavy atom. The molecule has 1 heterocycles. The van der Waals surface area contributed by atoms with Crippen LogP contribution in [0.1, 0.15) is 47.9 Å². The summed E-state index contributed by atoms with van der Waals surface area (Å²) in [6.45, 7) is 1.87. The monoisotopic (exact) mass is 611 g/mol. The van der Waals surface area contributed by atoms with Gasteiger partial charge in [-0.2, -0.15) is 0 Å². The van der Waals surface area contributed by atoms with E-state index in [-0.39, 0.29) is 29.8 Å². The SMILES string of the molecule is FCCCN1CC[C@H](Oc2ccc(C3=C(c4ccc(OC(F)(F)F)cc4Cl)CCCc4c3ccc(OF)c4F)cc2)C1. The van der Waals surface area contributed by atoms with Crippen molar-refractivity contribution >= 4 is 22.7 Å². The number of likely N-dealkylation sites (tertiary alicyclic amines) is 1. The molecule has 0 unspecified atom stereocenters. The van der Waals surface area contributed by atoms with Crippen molar-refractivity contribution < 1.29 is 40.9 Å². The lowest BCUT2D eigenvalue weighted by Crippen LogP contribution is -2.26. The van der Waals surface area contributed by atoms with Crippen LogP contribution in [0.15, 0.2) is 54.6 Å². The van der Waals surface area contributed by atoms with Gasteiger partial charge in [0, 0.05) is 24.2 Å². The van der Waals surface area contributed by atoms with E-state index < -0.39 is 23.7 Å². The largest absolute Gasteiger partial charge is 0.573 e. The second-order valence-corrected chi connectivity index (χ2v) is 10.7. The van der Waals surface area contributed by atoms with Gasteiger partial charge in [0.15, 0.2) is 5.82 Å². The molecule has 3 aromatic carbocycles. The predicted octanol–water partition coefficient (Wildman–Crippen LogP) is 8.75. The van der Waals surface area contributed by atoms with Crippen molar-refractivity contribution in [1.29, 1.82) is 0 Å². The highest BCUT2D eigenvalue weighted by Crippen LogP contribution is 2.44. The Bertz CT molecular complexity index is 1440. The lowest BCUT2D eigenvalue weighted by atomic mass is 9.87. The van der Waals surface area contributed by atoms with Crippen molar-refractivity contribution in [3.8, 4) is 17.2 Å². The van der Waals surface area contributed by atoms with Gasteiger partial charge in [-0.25, -0.2) is 4.39 Å². The molecular weight excluding hydrogens is 584 g/mol. The summed E-state index contributed by atoms with van der Waals surface area (Å²) in [7, 11) is 0. The zero-order valence-electron chi connectivity index (χ0n) is 22.5. The highest BCUT2D eigenvalue weighted by molar-refractivity contribution is 6.33. The molecule has 1 fully saturated rings. The van der Waals surface area contributed by atoms with E-state index in [1.807, 2.05) is 12.1 Å². The summed E-state index contributed by atoms with van der Waals surface area (Å²) in [5.74, 6) is -1.16. The molecule has 2 aliphatic rings. The second-order valence-electron chi connectivity index (χ2n) is 10.3. The summed E-state index contributed by atoms with van der Waals surface area (Å²) in [5, 5.41) is 0.0374. The molecule has 0 saturated carbocycles. The number of hydrogen-bond donors (Lipinski definition) is 0. The molecule has 3 aromatic rings. The number of rotatable bonds is 9. The van der Waals surface area contributed by atoms with E-state index in [1.54, 1.807) is 18.2 Å². The van der Waals surface area contributed by atoms with Crippen molar-refractivity contribution in [2.75, 3.05) is 26.3 Å². The maximum absolute atomic E-state index is 15.3. The van der Waals surface area contributed by atoms with Gasteiger partial charge in [-0.15, -0.1) is 13.2 Å². The molecule has 0 N–H and O–H groups in total. The van der Waals surface area contributed by atoms with Gasteiger partial charge in [-0.3, -0.25) is 14.2 Å². The Morgan fingerprint density at radius 2 is 1.69 bits per heavy atom. The van der Waals surface area contributed by atoms with E-state index in [2.05, 4.69) is 14.6 Å². The molecule has 1 saturated heterocycles. The van der Waals surface area contributed by atoms with Gasteiger partial charge in [0.2, 0.25) is 5.75 Å². The van der Waals surface area contributed by atoms with Crippen LogP contribution < -0.4 is 14.4 Å². The van der Waals surface area contributed by atoms with Crippen LogP contribution in [0, 0.1) is 5.82 Å². The van der Waals surface area contributed by atoms with Gasteiger partial charge in [0.25, 0.3) is 0 Å². The first kappa shape index (κ1) is 30.1. The number of fused-ring (bicyclic) bond motifs is 1. The Balaban J connectivity index is 1.53. The van der Waals surface area contributed by atoms with Gasteiger partial charge in [-0.1, -0.05) is 29.8 Å². The first-order valence-electron chi connectivity index (χ1n) is 13.6. The van der Waals surface area contributed by atoms with Gasteiger partial charge < -0.3 is 9.47 Å². The van der Waals surface area contributed by atoms with Crippen molar-refractivity contribution in [2.24, 2.45) is 0 Å². The Labute approximate surface area is 244 Å². The van der Waals surface area contributed by atoms with Crippen LogP contribution in [-0.4, -0.2) is 43.7 Å². The van der Waals surface area contributed by atoms with Crippen LogP contribution in [0.3, 0.4) is 0 Å².